The summed E-state index contributed by atoms with van der Waals surface area (Å²) in [5.74, 6) is -0.211. The van der Waals surface area contributed by atoms with Gasteiger partial charge in [0.15, 0.2) is 0 Å². The Balaban J connectivity index is 2.23. The summed E-state index contributed by atoms with van der Waals surface area (Å²) < 4.78 is 13.8. The zero-order valence-electron chi connectivity index (χ0n) is 11.1. The topological polar surface area (TPSA) is 12.0 Å². The lowest BCUT2D eigenvalue weighted by molar-refractivity contribution is 0.554. The van der Waals surface area contributed by atoms with Crippen molar-refractivity contribution >= 4 is 11.6 Å². The number of nitrogens with one attached hydrogen (secondary N) is 1. The zero-order chi connectivity index (χ0) is 13.8. The second-order valence-corrected chi connectivity index (χ2v) is 5.13. The van der Waals surface area contributed by atoms with Crippen LogP contribution in [0, 0.1) is 12.7 Å². The number of rotatable bonds is 4. The molecule has 2 rings (SSSR count). The summed E-state index contributed by atoms with van der Waals surface area (Å²) in [5.41, 5.74) is 2.99. The Bertz CT molecular complexity index is 551. The predicted molar refractivity (Wildman–Crippen MR) is 78.1 cm³/mol. The van der Waals surface area contributed by atoms with Gasteiger partial charge in [-0.3, -0.25) is 0 Å². The molecule has 1 N–H and O–H groups in total. The minimum Gasteiger partial charge on any atom is -0.313 e. The van der Waals surface area contributed by atoms with Gasteiger partial charge in [0.25, 0.3) is 0 Å². The van der Waals surface area contributed by atoms with E-state index in [4.69, 9.17) is 11.6 Å². The van der Waals surface area contributed by atoms with Gasteiger partial charge in [0.1, 0.15) is 5.82 Å². The molecule has 3 heteroatoms. The molecule has 0 radical (unpaired) electrons. The van der Waals surface area contributed by atoms with E-state index in [1.807, 2.05) is 7.05 Å². The van der Waals surface area contributed by atoms with Crippen LogP contribution in [0.3, 0.4) is 0 Å². The molecule has 100 valence electrons. The van der Waals surface area contributed by atoms with Gasteiger partial charge in [-0.1, -0.05) is 41.4 Å². The van der Waals surface area contributed by atoms with Gasteiger partial charge in [-0.15, -0.1) is 0 Å². The molecule has 0 aliphatic heterocycles. The fourth-order valence-electron chi connectivity index (χ4n) is 2.10. The minimum absolute atomic E-state index is 0.0774. The van der Waals surface area contributed by atoms with E-state index in [0.29, 0.717) is 17.0 Å². The van der Waals surface area contributed by atoms with Crippen molar-refractivity contribution in [2.45, 2.75) is 19.4 Å². The van der Waals surface area contributed by atoms with Crippen molar-refractivity contribution in [1.82, 2.24) is 5.32 Å². The van der Waals surface area contributed by atoms with Gasteiger partial charge in [0.2, 0.25) is 0 Å². The molecule has 2 aromatic carbocycles. The summed E-state index contributed by atoms with van der Waals surface area (Å²) >= 11 is 5.92. The lowest BCUT2D eigenvalue weighted by atomic mass is 9.98. The highest BCUT2D eigenvalue weighted by molar-refractivity contribution is 6.30. The Morgan fingerprint density at radius 2 is 1.84 bits per heavy atom. The van der Waals surface area contributed by atoms with E-state index in [-0.39, 0.29) is 11.9 Å². The molecule has 0 heterocycles. The van der Waals surface area contributed by atoms with Crippen LogP contribution in [0.5, 0.6) is 0 Å². The Morgan fingerprint density at radius 1 is 1.16 bits per heavy atom. The van der Waals surface area contributed by atoms with Crippen LogP contribution in [0.2, 0.25) is 5.02 Å². The van der Waals surface area contributed by atoms with Crippen molar-refractivity contribution < 1.29 is 4.39 Å². The van der Waals surface area contributed by atoms with Crippen LogP contribution in [0.1, 0.15) is 22.7 Å². The monoisotopic (exact) mass is 277 g/mol. The summed E-state index contributed by atoms with van der Waals surface area (Å²) in [4.78, 5) is 0. The summed E-state index contributed by atoms with van der Waals surface area (Å²) in [6.45, 7) is 2.05. The van der Waals surface area contributed by atoms with E-state index in [1.165, 1.54) is 11.6 Å². The highest BCUT2D eigenvalue weighted by Gasteiger charge is 2.13. The smallest absolute Gasteiger partial charge is 0.126 e. The first kappa shape index (κ1) is 14.0. The van der Waals surface area contributed by atoms with Gasteiger partial charge in [-0.25, -0.2) is 4.39 Å². The normalized spacial score (nSPS) is 12.4. The van der Waals surface area contributed by atoms with Gasteiger partial charge in [0.05, 0.1) is 0 Å². The molecule has 1 atom stereocenters. The van der Waals surface area contributed by atoms with Crippen LogP contribution in [0.25, 0.3) is 0 Å². The van der Waals surface area contributed by atoms with Crippen LogP contribution in [-0.2, 0) is 6.42 Å². The molecular weight excluding hydrogens is 261 g/mol. The number of likely N-dealkylation sites (N-methyl/N-ethyl adjacent to an activating group) is 1. The third kappa shape index (κ3) is 3.55. The predicted octanol–water partition coefficient (Wildman–Crippen LogP) is 4.29. The molecule has 0 amide bonds. The molecular formula is C16H17ClFN. The first-order valence-electron chi connectivity index (χ1n) is 6.28. The van der Waals surface area contributed by atoms with Crippen molar-refractivity contribution in [2.24, 2.45) is 0 Å². The molecule has 0 aliphatic rings. The van der Waals surface area contributed by atoms with Crippen molar-refractivity contribution in [3.63, 3.8) is 0 Å². The van der Waals surface area contributed by atoms with Crippen LogP contribution in [0.15, 0.2) is 42.5 Å². The van der Waals surface area contributed by atoms with Crippen molar-refractivity contribution in [2.75, 3.05) is 7.05 Å². The van der Waals surface area contributed by atoms with Gasteiger partial charge in [-0.2, -0.15) is 0 Å². The number of halogens is 2. The second kappa shape index (κ2) is 6.18. The first-order chi connectivity index (χ1) is 9.10. The van der Waals surface area contributed by atoms with Crippen LogP contribution < -0.4 is 5.32 Å². The average molecular weight is 278 g/mol. The number of benzene rings is 2. The summed E-state index contributed by atoms with van der Waals surface area (Å²) in [7, 11) is 1.88. The maximum Gasteiger partial charge on any atom is 0.126 e. The molecule has 0 aliphatic carbocycles. The lowest BCUT2D eigenvalue weighted by Gasteiger charge is -2.17. The van der Waals surface area contributed by atoms with Gasteiger partial charge in [0, 0.05) is 11.1 Å². The standard InChI is InChI=1S/C16H17ClFN/c1-11-3-5-12(6-4-11)16(19-2)10-13-9-14(17)7-8-15(13)18/h3-9,16,19H,10H2,1-2H3. The maximum atomic E-state index is 13.8. The highest BCUT2D eigenvalue weighted by Crippen LogP contribution is 2.22. The zero-order valence-corrected chi connectivity index (χ0v) is 11.8. The van der Waals surface area contributed by atoms with E-state index in [9.17, 15) is 4.39 Å². The molecule has 1 nitrogen and oxygen atoms in total. The Hall–Kier alpha value is -1.38. The highest BCUT2D eigenvalue weighted by atomic mass is 35.5. The maximum absolute atomic E-state index is 13.8. The van der Waals surface area contributed by atoms with E-state index >= 15 is 0 Å². The minimum atomic E-state index is -0.211. The third-order valence-electron chi connectivity index (χ3n) is 3.26. The second-order valence-electron chi connectivity index (χ2n) is 4.69. The van der Waals surface area contributed by atoms with Gasteiger partial charge >= 0.3 is 0 Å². The average Bonchev–Trinajstić information content (AvgIpc) is 2.41. The largest absolute Gasteiger partial charge is 0.313 e. The van der Waals surface area contributed by atoms with Gasteiger partial charge in [-0.05, 0) is 49.7 Å². The molecule has 0 saturated carbocycles. The Morgan fingerprint density at radius 3 is 2.47 bits per heavy atom. The molecule has 0 fully saturated rings. The number of aryl methyl sites for hydroxylation is 1. The molecule has 0 saturated heterocycles. The van der Waals surface area contributed by atoms with Crippen LogP contribution >= 0.6 is 11.6 Å². The SMILES string of the molecule is CNC(Cc1cc(Cl)ccc1F)c1ccc(C)cc1. The molecule has 0 aromatic heterocycles. The molecule has 1 unspecified atom stereocenters. The number of hydrogen-bond acceptors (Lipinski definition) is 1. The van der Waals surface area contributed by atoms with Crippen molar-refractivity contribution in [1.29, 1.82) is 0 Å². The van der Waals surface area contributed by atoms with E-state index in [1.54, 1.807) is 12.1 Å². The van der Waals surface area contributed by atoms with Crippen molar-refractivity contribution in [3.05, 3.63) is 70.0 Å². The van der Waals surface area contributed by atoms with Crippen molar-refractivity contribution in [3.8, 4) is 0 Å². The quantitative estimate of drug-likeness (QED) is 0.879. The van der Waals surface area contributed by atoms with Gasteiger partial charge < -0.3 is 5.32 Å². The van der Waals surface area contributed by atoms with E-state index in [0.717, 1.165) is 5.56 Å². The van der Waals surface area contributed by atoms with E-state index < -0.39 is 0 Å². The lowest BCUT2D eigenvalue weighted by Crippen LogP contribution is -2.19. The summed E-state index contributed by atoms with van der Waals surface area (Å²) in [5, 5.41) is 3.79. The third-order valence-corrected chi connectivity index (χ3v) is 3.50. The number of hydrogen-bond donors (Lipinski definition) is 1. The fourth-order valence-corrected chi connectivity index (χ4v) is 2.30. The molecule has 2 aromatic rings. The molecule has 0 spiro atoms. The van der Waals surface area contributed by atoms with Crippen LogP contribution in [-0.4, -0.2) is 7.05 Å². The Labute approximate surface area is 118 Å². The molecule has 0 bridgehead atoms. The fraction of sp³-hybridized carbons (Fsp3) is 0.250. The van der Waals surface area contributed by atoms with Crippen LogP contribution in [0.4, 0.5) is 4.39 Å². The summed E-state index contributed by atoms with van der Waals surface area (Å²) in [6, 6.07) is 13.0. The summed E-state index contributed by atoms with van der Waals surface area (Å²) in [6.07, 6.45) is 0.575. The first-order valence-corrected chi connectivity index (χ1v) is 6.65. The van der Waals surface area contributed by atoms with E-state index in [2.05, 4.69) is 36.5 Å². The molecule has 19 heavy (non-hydrogen) atoms. The Kier molecular flexibility index (Phi) is 4.56.